The summed E-state index contributed by atoms with van der Waals surface area (Å²) in [4.78, 5) is 5.22. The van der Waals surface area contributed by atoms with Gasteiger partial charge < -0.3 is 10.0 Å². The van der Waals surface area contributed by atoms with Crippen LogP contribution in [-0.4, -0.2) is 135 Å². The first-order chi connectivity index (χ1) is 12.2. The van der Waals surface area contributed by atoms with E-state index in [-0.39, 0.29) is 41.6 Å². The molecule has 0 amide bonds. The van der Waals surface area contributed by atoms with Crippen LogP contribution >= 0.6 is 0 Å². The Morgan fingerprint density at radius 1 is 0.621 bits per heavy atom. The fourth-order valence-electron chi connectivity index (χ4n) is 2.58. The second-order valence-corrected chi connectivity index (χ2v) is 11.0. The van der Waals surface area contributed by atoms with Crippen molar-refractivity contribution in [3.05, 3.63) is 0 Å². The van der Waals surface area contributed by atoms with E-state index in [1.807, 2.05) is 0 Å². The summed E-state index contributed by atoms with van der Waals surface area (Å²) in [5.74, 6) is -1.50. The molecule has 1 aliphatic heterocycles. The molecule has 1 fully saturated rings. The monoisotopic (exact) mass is 528 g/mol. The molecular weight excluding hydrogens is 501 g/mol. The van der Waals surface area contributed by atoms with Crippen LogP contribution in [-0.2, 0) is 46.8 Å². The Balaban J connectivity index is 0. The van der Waals surface area contributed by atoms with Gasteiger partial charge in [0.1, 0.15) is 0 Å². The molecule has 1 rings (SSSR count). The second kappa shape index (κ2) is 13.5. The number of rotatable bonds is 9. The molecule has 0 spiro atoms. The van der Waals surface area contributed by atoms with Gasteiger partial charge in [-0.3, -0.25) is 23.8 Å². The van der Waals surface area contributed by atoms with Gasteiger partial charge in [-0.1, -0.05) is 0 Å². The summed E-state index contributed by atoms with van der Waals surface area (Å²) in [6.45, 7) is 2.45. The van der Waals surface area contributed by atoms with Crippen molar-refractivity contribution in [1.29, 1.82) is 0 Å². The zero-order chi connectivity index (χ0) is 20.7. The normalized spacial score (nSPS) is 18.7. The third-order valence-electron chi connectivity index (χ3n) is 4.19. The van der Waals surface area contributed by atoms with Gasteiger partial charge >= 0.3 is 16.5 Å². The minimum absolute atomic E-state index is 0. The molecule has 0 unspecified atom stereocenters. The van der Waals surface area contributed by atoms with Gasteiger partial charge in [0, 0.05) is 58.9 Å². The van der Waals surface area contributed by atoms with Crippen LogP contribution in [0.25, 0.3) is 0 Å². The Hall–Kier alpha value is 0.0635. The molecule has 1 radical (unpaired) electrons. The van der Waals surface area contributed by atoms with E-state index < -0.39 is 47.6 Å². The minimum atomic E-state index is -4.38. The summed E-state index contributed by atoms with van der Waals surface area (Å²) >= 11 is 0. The predicted molar refractivity (Wildman–Crippen MR) is 100 cm³/mol. The van der Waals surface area contributed by atoms with Crippen molar-refractivity contribution in [2.75, 3.05) is 76.2 Å². The predicted octanol–water partition coefficient (Wildman–Crippen LogP) is -3.60. The molecule has 0 bridgehead atoms. The Bertz CT molecular complexity index is 658. The molecule has 13 nitrogen and oxygen atoms in total. The summed E-state index contributed by atoms with van der Waals surface area (Å²) in [7, 11) is -12.7. The zero-order valence-electron chi connectivity index (χ0n) is 15.6. The topological polar surface area (TPSA) is 207 Å². The van der Waals surface area contributed by atoms with Gasteiger partial charge in [-0.05, 0) is 0 Å². The summed E-state index contributed by atoms with van der Waals surface area (Å²) < 4.78 is 94.2. The standard InChI is InChI=1S/C12H27N3O9S3.Ni.H2O/c16-25(17,18)10-7-13-1-2-14(8-11-26(19,20)21)5-6-15(4-3-13)9-12-27(22,23)24;;/h1-12H2,(H,16,17,18)(H,19,20,21)(H,22,23,24);;1H2/q;+3;/p-1. The molecule has 0 aliphatic carbocycles. The van der Waals surface area contributed by atoms with Crippen molar-refractivity contribution in [2.45, 2.75) is 0 Å². The molecule has 1 saturated heterocycles. The molecule has 4 N–H and O–H groups in total. The van der Waals surface area contributed by atoms with E-state index in [0.717, 1.165) is 0 Å². The molecule has 0 atom stereocenters. The average Bonchev–Trinajstić information content (AvgIpc) is 2.57. The fraction of sp³-hybridized carbons (Fsp3) is 1.00. The second-order valence-electron chi connectivity index (χ2n) is 6.36. The molecule has 1 aliphatic rings. The van der Waals surface area contributed by atoms with Gasteiger partial charge in [0.2, 0.25) is 0 Å². The molecular formula is C12H28N3NiO10S3+2. The first-order valence-electron chi connectivity index (χ1n) is 8.24. The fourth-order valence-corrected chi connectivity index (χ4v) is 4.04. The maximum atomic E-state index is 11.0. The van der Waals surface area contributed by atoms with Gasteiger partial charge in [-0.25, -0.2) is 8.42 Å². The van der Waals surface area contributed by atoms with Crippen LogP contribution < -0.4 is 0 Å². The van der Waals surface area contributed by atoms with Crippen molar-refractivity contribution in [1.82, 2.24) is 14.7 Å². The first kappa shape index (κ1) is 31.3. The Kier molecular flexibility index (Phi) is 14.5. The first-order valence-corrected chi connectivity index (χ1v) is 13.0. The Morgan fingerprint density at radius 3 is 1.07 bits per heavy atom. The van der Waals surface area contributed by atoms with Gasteiger partial charge in [0.05, 0.1) is 27.4 Å². The van der Waals surface area contributed by atoms with Crippen LogP contribution in [0, 0.1) is 0 Å². The van der Waals surface area contributed by atoms with Gasteiger partial charge in [0.25, 0.3) is 20.2 Å². The Labute approximate surface area is 181 Å². The maximum absolute atomic E-state index is 11.0. The summed E-state index contributed by atoms with van der Waals surface area (Å²) in [6.07, 6.45) is 0. The molecule has 177 valence electrons. The maximum Gasteiger partial charge on any atom is 3.00 e. The number of hydrogen-bond donors (Lipinski definition) is 2. The van der Waals surface area contributed by atoms with Crippen molar-refractivity contribution >= 4 is 30.4 Å². The van der Waals surface area contributed by atoms with Crippen molar-refractivity contribution in [3.63, 3.8) is 0 Å². The van der Waals surface area contributed by atoms with Crippen LogP contribution in [0.4, 0.5) is 0 Å². The molecule has 17 heteroatoms. The molecule has 1 heterocycles. The van der Waals surface area contributed by atoms with Gasteiger partial charge in [-0.2, -0.15) is 16.8 Å². The molecule has 0 aromatic heterocycles. The van der Waals surface area contributed by atoms with Crippen LogP contribution in [0.1, 0.15) is 0 Å². The van der Waals surface area contributed by atoms with E-state index in [1.165, 1.54) is 0 Å². The molecule has 29 heavy (non-hydrogen) atoms. The third kappa shape index (κ3) is 17.4. The number of hydrogen-bond acceptors (Lipinski definition) is 10. The molecule has 0 aromatic rings. The average molecular weight is 529 g/mol. The molecule has 0 aromatic carbocycles. The summed E-state index contributed by atoms with van der Waals surface area (Å²) in [5, 5.41) is 0. The van der Waals surface area contributed by atoms with Crippen molar-refractivity contribution in [2.24, 2.45) is 0 Å². The SMILES string of the molecule is O.O=S(=O)([O-])CCN1CCN(CCS(=O)(=O)O)CCN(CCS(=O)(=O)O)CC1.[Ni+3]. The largest absolute Gasteiger partial charge is 3.00 e. The van der Waals surface area contributed by atoms with Crippen LogP contribution in [0.2, 0.25) is 0 Å². The Morgan fingerprint density at radius 2 is 0.862 bits per heavy atom. The van der Waals surface area contributed by atoms with Crippen molar-refractivity contribution < 1.29 is 60.9 Å². The van der Waals surface area contributed by atoms with E-state index in [1.54, 1.807) is 14.7 Å². The van der Waals surface area contributed by atoms with Crippen LogP contribution in [0.3, 0.4) is 0 Å². The van der Waals surface area contributed by atoms with Crippen LogP contribution in [0.5, 0.6) is 0 Å². The zero-order valence-corrected chi connectivity index (χ0v) is 19.1. The summed E-state index contributed by atoms with van der Waals surface area (Å²) in [6, 6.07) is 0. The van der Waals surface area contributed by atoms with Crippen LogP contribution in [0.15, 0.2) is 0 Å². The molecule has 0 saturated carbocycles. The number of nitrogens with zero attached hydrogens (tertiary/aromatic N) is 3. The quantitative estimate of drug-likeness (QED) is 0.219. The summed E-state index contributed by atoms with van der Waals surface area (Å²) in [5.41, 5.74) is 0. The van der Waals surface area contributed by atoms with E-state index in [9.17, 15) is 29.8 Å². The van der Waals surface area contributed by atoms with E-state index >= 15 is 0 Å². The van der Waals surface area contributed by atoms with E-state index in [4.69, 9.17) is 9.11 Å². The minimum Gasteiger partial charge on any atom is -0.748 e. The third-order valence-corrected chi connectivity index (χ3v) is 6.27. The van der Waals surface area contributed by atoms with Gasteiger partial charge in [0.15, 0.2) is 0 Å². The van der Waals surface area contributed by atoms with Gasteiger partial charge in [-0.15, -0.1) is 0 Å². The van der Waals surface area contributed by atoms with E-state index in [2.05, 4.69) is 0 Å². The van der Waals surface area contributed by atoms with Crippen molar-refractivity contribution in [3.8, 4) is 0 Å². The smallest absolute Gasteiger partial charge is 0.748 e. The van der Waals surface area contributed by atoms with E-state index in [0.29, 0.717) is 39.3 Å².